The standard InChI is InChI=1S/C51H32N2O/c1-2-12-33(13-3-1)34-22-26-36(27-23-34)49-40-15-5-9-19-46(40)52-50(53-49)37-28-24-35(25-29-37)38-30-31-43-41(32-38)39-14-4-6-16-42(39)51(43)44-17-7-10-20-47(44)54-48-21-11-8-18-45(48)51/h1-32H. The second kappa shape index (κ2) is 12.0. The highest BCUT2D eigenvalue weighted by atomic mass is 16.5. The zero-order valence-electron chi connectivity index (χ0n) is 29.3. The molecule has 1 aliphatic carbocycles. The van der Waals surface area contributed by atoms with Crippen molar-refractivity contribution in [2.45, 2.75) is 5.41 Å². The van der Waals surface area contributed by atoms with Gasteiger partial charge in [0.2, 0.25) is 0 Å². The van der Waals surface area contributed by atoms with Crippen molar-refractivity contribution in [3.8, 4) is 67.5 Å². The first-order chi connectivity index (χ1) is 26.8. The van der Waals surface area contributed by atoms with Gasteiger partial charge in [-0.1, -0.05) is 170 Å². The van der Waals surface area contributed by atoms with Crippen molar-refractivity contribution >= 4 is 10.9 Å². The Kier molecular flexibility index (Phi) is 6.77. The van der Waals surface area contributed by atoms with Crippen LogP contribution in [0.25, 0.3) is 66.9 Å². The van der Waals surface area contributed by atoms with Crippen LogP contribution in [0, 0.1) is 0 Å². The van der Waals surface area contributed by atoms with Crippen LogP contribution in [0.3, 0.4) is 0 Å². The maximum Gasteiger partial charge on any atom is 0.160 e. The summed E-state index contributed by atoms with van der Waals surface area (Å²) in [5.74, 6) is 2.52. The molecule has 3 heteroatoms. The molecule has 1 aromatic heterocycles. The number of nitrogens with zero attached hydrogens (tertiary/aromatic N) is 2. The third-order valence-corrected chi connectivity index (χ3v) is 11.2. The highest BCUT2D eigenvalue weighted by Crippen LogP contribution is 2.62. The fraction of sp³-hybridized carbons (Fsp3) is 0.0196. The molecule has 1 aliphatic heterocycles. The molecular formula is C51H32N2O. The molecular weight excluding hydrogens is 657 g/mol. The molecule has 2 heterocycles. The summed E-state index contributed by atoms with van der Waals surface area (Å²) in [6.45, 7) is 0. The number of ether oxygens (including phenoxy) is 1. The molecule has 2 aliphatic rings. The number of hydrogen-bond donors (Lipinski definition) is 0. The largest absolute Gasteiger partial charge is 0.457 e. The summed E-state index contributed by atoms with van der Waals surface area (Å²) in [5.41, 5.74) is 15.5. The van der Waals surface area contributed by atoms with Gasteiger partial charge in [0.25, 0.3) is 0 Å². The predicted octanol–water partition coefficient (Wildman–Crippen LogP) is 12.8. The lowest BCUT2D eigenvalue weighted by Crippen LogP contribution is -2.32. The summed E-state index contributed by atoms with van der Waals surface area (Å²) in [7, 11) is 0. The summed E-state index contributed by atoms with van der Waals surface area (Å²) in [6.07, 6.45) is 0. The van der Waals surface area contributed by atoms with Gasteiger partial charge in [0.1, 0.15) is 11.5 Å². The molecule has 8 aromatic carbocycles. The van der Waals surface area contributed by atoms with Gasteiger partial charge in [-0.25, -0.2) is 9.97 Å². The van der Waals surface area contributed by atoms with Crippen LogP contribution in [0.4, 0.5) is 0 Å². The molecule has 54 heavy (non-hydrogen) atoms. The summed E-state index contributed by atoms with van der Waals surface area (Å²) < 4.78 is 6.50. The minimum atomic E-state index is -0.466. The Morgan fingerprint density at radius 2 is 0.870 bits per heavy atom. The molecule has 252 valence electrons. The smallest absolute Gasteiger partial charge is 0.160 e. The lowest BCUT2D eigenvalue weighted by molar-refractivity contribution is 0.436. The molecule has 1 spiro atoms. The third kappa shape index (κ3) is 4.55. The quantitative estimate of drug-likeness (QED) is 0.185. The number of fused-ring (bicyclic) bond motifs is 10. The molecule has 0 unspecified atom stereocenters. The maximum atomic E-state index is 6.50. The number of aromatic nitrogens is 2. The number of benzene rings is 8. The van der Waals surface area contributed by atoms with Crippen LogP contribution in [0.1, 0.15) is 22.3 Å². The second-order valence-corrected chi connectivity index (χ2v) is 14.1. The van der Waals surface area contributed by atoms with E-state index in [4.69, 9.17) is 14.7 Å². The number of rotatable bonds is 4. The van der Waals surface area contributed by atoms with Gasteiger partial charge in [0.05, 0.1) is 16.6 Å². The Morgan fingerprint density at radius 3 is 1.61 bits per heavy atom. The fourth-order valence-electron chi connectivity index (χ4n) is 8.73. The highest BCUT2D eigenvalue weighted by molar-refractivity contribution is 5.94. The molecule has 0 amide bonds. The van der Waals surface area contributed by atoms with Crippen molar-refractivity contribution in [1.29, 1.82) is 0 Å². The van der Waals surface area contributed by atoms with E-state index < -0.39 is 5.41 Å². The van der Waals surface area contributed by atoms with Gasteiger partial charge in [0.15, 0.2) is 5.82 Å². The zero-order chi connectivity index (χ0) is 35.6. The Bertz CT molecular complexity index is 2850. The minimum Gasteiger partial charge on any atom is -0.457 e. The fourth-order valence-corrected chi connectivity index (χ4v) is 8.73. The van der Waals surface area contributed by atoms with Gasteiger partial charge in [0, 0.05) is 27.6 Å². The molecule has 0 radical (unpaired) electrons. The molecule has 11 rings (SSSR count). The first-order valence-electron chi connectivity index (χ1n) is 18.4. The molecule has 3 nitrogen and oxygen atoms in total. The van der Waals surface area contributed by atoms with E-state index in [1.54, 1.807) is 0 Å². The third-order valence-electron chi connectivity index (χ3n) is 11.2. The normalized spacial score (nSPS) is 13.1. The van der Waals surface area contributed by atoms with Crippen LogP contribution in [0.2, 0.25) is 0 Å². The van der Waals surface area contributed by atoms with Gasteiger partial charge >= 0.3 is 0 Å². The van der Waals surface area contributed by atoms with Gasteiger partial charge in [-0.05, 0) is 68.8 Å². The predicted molar refractivity (Wildman–Crippen MR) is 219 cm³/mol. The number of hydrogen-bond acceptors (Lipinski definition) is 3. The summed E-state index contributed by atoms with van der Waals surface area (Å²) in [6, 6.07) is 68.9. The van der Waals surface area contributed by atoms with E-state index in [1.807, 2.05) is 12.1 Å². The van der Waals surface area contributed by atoms with E-state index in [9.17, 15) is 0 Å². The van der Waals surface area contributed by atoms with Crippen LogP contribution in [0.5, 0.6) is 11.5 Å². The van der Waals surface area contributed by atoms with Gasteiger partial charge in [-0.3, -0.25) is 0 Å². The average molecular weight is 689 g/mol. The van der Waals surface area contributed by atoms with E-state index in [0.29, 0.717) is 5.82 Å². The first-order valence-corrected chi connectivity index (χ1v) is 18.4. The first kappa shape index (κ1) is 30.5. The molecule has 0 bridgehead atoms. The minimum absolute atomic E-state index is 0.466. The average Bonchev–Trinajstić information content (AvgIpc) is 3.54. The number of para-hydroxylation sites is 3. The van der Waals surface area contributed by atoms with Gasteiger partial charge in [-0.15, -0.1) is 0 Å². The van der Waals surface area contributed by atoms with E-state index in [1.165, 1.54) is 50.1 Å². The molecule has 0 atom stereocenters. The van der Waals surface area contributed by atoms with Crippen molar-refractivity contribution in [2.75, 3.05) is 0 Å². The van der Waals surface area contributed by atoms with E-state index >= 15 is 0 Å². The summed E-state index contributed by atoms with van der Waals surface area (Å²) >= 11 is 0. The Morgan fingerprint density at radius 1 is 0.352 bits per heavy atom. The summed E-state index contributed by atoms with van der Waals surface area (Å²) in [5, 5.41) is 1.04. The molecule has 9 aromatic rings. The van der Waals surface area contributed by atoms with Crippen LogP contribution in [-0.2, 0) is 5.41 Å². The van der Waals surface area contributed by atoms with E-state index in [0.717, 1.165) is 44.8 Å². The lowest BCUT2D eigenvalue weighted by Gasteiger charge is -2.39. The van der Waals surface area contributed by atoms with E-state index in [2.05, 4.69) is 182 Å². The van der Waals surface area contributed by atoms with E-state index in [-0.39, 0.29) is 0 Å². The second-order valence-electron chi connectivity index (χ2n) is 14.1. The Hall–Kier alpha value is -7.10. The Labute approximate surface area is 313 Å². The van der Waals surface area contributed by atoms with Gasteiger partial charge < -0.3 is 4.74 Å². The zero-order valence-corrected chi connectivity index (χ0v) is 29.3. The topological polar surface area (TPSA) is 35.0 Å². The molecule has 0 saturated carbocycles. The van der Waals surface area contributed by atoms with Gasteiger partial charge in [-0.2, -0.15) is 0 Å². The lowest BCUT2D eigenvalue weighted by atomic mass is 9.66. The van der Waals surface area contributed by atoms with Crippen molar-refractivity contribution in [1.82, 2.24) is 9.97 Å². The van der Waals surface area contributed by atoms with Crippen LogP contribution >= 0.6 is 0 Å². The van der Waals surface area contributed by atoms with Crippen molar-refractivity contribution in [2.24, 2.45) is 0 Å². The molecule has 0 saturated heterocycles. The Balaban J connectivity index is 0.993. The SMILES string of the molecule is c1ccc(-c2ccc(-c3nc(-c4ccc(-c5ccc6c(c5)-c5ccccc5C65c6ccccc6Oc6ccccc65)cc4)nc4ccccc34)cc2)cc1. The van der Waals surface area contributed by atoms with Crippen molar-refractivity contribution < 1.29 is 4.74 Å². The van der Waals surface area contributed by atoms with Crippen LogP contribution < -0.4 is 4.74 Å². The van der Waals surface area contributed by atoms with Crippen LogP contribution in [-0.4, -0.2) is 9.97 Å². The monoisotopic (exact) mass is 688 g/mol. The van der Waals surface area contributed by atoms with Crippen molar-refractivity contribution in [3.05, 3.63) is 216 Å². The molecule has 0 N–H and O–H groups in total. The summed E-state index contributed by atoms with van der Waals surface area (Å²) in [4.78, 5) is 10.2. The maximum absolute atomic E-state index is 6.50. The van der Waals surface area contributed by atoms with Crippen LogP contribution in [0.15, 0.2) is 194 Å². The van der Waals surface area contributed by atoms with Crippen molar-refractivity contribution in [3.63, 3.8) is 0 Å². The highest BCUT2D eigenvalue weighted by Gasteiger charge is 2.50. The molecule has 0 fully saturated rings.